The molecule has 3 aromatic rings. The van der Waals surface area contributed by atoms with Gasteiger partial charge in [-0.25, -0.2) is 13.4 Å². The van der Waals surface area contributed by atoms with Gasteiger partial charge in [0.05, 0.1) is 12.0 Å². The number of methoxy groups -OCH3 is 1. The predicted octanol–water partition coefficient (Wildman–Crippen LogP) is 4.48. The molecule has 0 saturated carbocycles. The van der Waals surface area contributed by atoms with Crippen LogP contribution in [0.3, 0.4) is 0 Å². The maximum absolute atomic E-state index is 12.8. The summed E-state index contributed by atoms with van der Waals surface area (Å²) in [7, 11) is 1.70. The largest absolute Gasteiger partial charge is 0.493 e. The minimum Gasteiger partial charge on any atom is -0.493 e. The van der Waals surface area contributed by atoms with Gasteiger partial charge in [-0.1, -0.05) is 23.8 Å². The number of likely N-dealkylation sites (N-methyl/N-ethyl adjacent to an activating group) is 1. The molecular weight excluding hydrogens is 522 g/mol. The number of rotatable bonds is 11. The molecule has 10 heteroatoms. The third kappa shape index (κ3) is 7.09. The van der Waals surface area contributed by atoms with E-state index >= 15 is 0 Å². The molecule has 1 N–H and O–H groups in total. The van der Waals surface area contributed by atoms with E-state index in [4.69, 9.17) is 14.2 Å². The van der Waals surface area contributed by atoms with E-state index in [2.05, 4.69) is 25.6 Å². The third-order valence-corrected chi connectivity index (χ3v) is 6.59. The topological polar surface area (TPSA) is 90.0 Å². The van der Waals surface area contributed by atoms with Crippen molar-refractivity contribution in [2.24, 2.45) is 0 Å². The Bertz CT molecular complexity index is 1220. The zero-order chi connectivity index (χ0) is 24.7. The first-order valence-corrected chi connectivity index (χ1v) is 12.8. The van der Waals surface area contributed by atoms with Gasteiger partial charge in [0, 0.05) is 17.2 Å². The third-order valence-electron chi connectivity index (χ3n) is 4.80. The number of pyridine rings is 1. The van der Waals surface area contributed by atoms with E-state index in [9.17, 15) is 8.42 Å². The number of sulfonamides is 1. The molecule has 0 bridgehead atoms. The summed E-state index contributed by atoms with van der Waals surface area (Å²) in [6.45, 7) is 3.33. The lowest BCUT2D eigenvalue weighted by Gasteiger charge is -2.16. The summed E-state index contributed by atoms with van der Waals surface area (Å²) in [4.78, 5) is 6.38. The van der Waals surface area contributed by atoms with Gasteiger partial charge >= 0.3 is 0 Å². The lowest BCUT2D eigenvalue weighted by atomic mass is 10.2. The van der Waals surface area contributed by atoms with Crippen LogP contribution in [0.4, 0.5) is 5.82 Å². The first-order valence-electron chi connectivity index (χ1n) is 10.5. The van der Waals surface area contributed by atoms with Gasteiger partial charge in [-0.2, -0.15) is 0 Å². The molecule has 0 aliphatic rings. The molecule has 3 rings (SSSR count). The fourth-order valence-corrected chi connectivity index (χ4v) is 4.26. The first-order chi connectivity index (χ1) is 16.2. The molecular formula is C24H28BrN3O5S. The second-order valence-electron chi connectivity index (χ2n) is 7.84. The lowest BCUT2D eigenvalue weighted by Crippen LogP contribution is -2.19. The van der Waals surface area contributed by atoms with Crippen molar-refractivity contribution in [3.63, 3.8) is 0 Å². The Morgan fingerprint density at radius 2 is 1.74 bits per heavy atom. The number of nitrogens with zero attached hydrogens (tertiary/aromatic N) is 2. The second kappa shape index (κ2) is 11.5. The van der Waals surface area contributed by atoms with Gasteiger partial charge in [0.2, 0.25) is 0 Å². The van der Waals surface area contributed by atoms with Crippen LogP contribution in [-0.2, 0) is 16.6 Å². The molecule has 182 valence electrons. The van der Waals surface area contributed by atoms with Crippen molar-refractivity contribution in [1.82, 2.24) is 9.88 Å². The summed E-state index contributed by atoms with van der Waals surface area (Å²) in [5, 5.41) is 0. The highest BCUT2D eigenvalue weighted by Crippen LogP contribution is 2.31. The number of aryl methyl sites for hydroxylation is 1. The van der Waals surface area contributed by atoms with Crippen LogP contribution in [0.1, 0.15) is 11.1 Å². The number of aromatic nitrogens is 1. The van der Waals surface area contributed by atoms with E-state index in [0.717, 1.165) is 17.7 Å². The molecule has 0 spiro atoms. The minimum absolute atomic E-state index is 0.0970. The van der Waals surface area contributed by atoms with Gasteiger partial charge in [-0.3, -0.25) is 4.72 Å². The van der Waals surface area contributed by atoms with Crippen LogP contribution in [0.5, 0.6) is 17.2 Å². The molecule has 1 heterocycles. The number of halogens is 1. The Hall–Kier alpha value is -2.82. The monoisotopic (exact) mass is 549 g/mol. The van der Waals surface area contributed by atoms with Gasteiger partial charge in [-0.15, -0.1) is 0 Å². The van der Waals surface area contributed by atoms with Crippen molar-refractivity contribution >= 4 is 31.8 Å². The van der Waals surface area contributed by atoms with Gasteiger partial charge in [-0.05, 0) is 72.8 Å². The Labute approximate surface area is 209 Å². The molecule has 0 fully saturated rings. The van der Waals surface area contributed by atoms with Crippen LogP contribution in [-0.4, -0.2) is 52.7 Å². The Balaban J connectivity index is 1.77. The van der Waals surface area contributed by atoms with Crippen molar-refractivity contribution in [2.75, 3.05) is 39.1 Å². The molecule has 8 nitrogen and oxygen atoms in total. The van der Waals surface area contributed by atoms with Crippen molar-refractivity contribution in [3.05, 3.63) is 70.3 Å². The number of ether oxygens (including phenoxy) is 3. The van der Waals surface area contributed by atoms with Crippen molar-refractivity contribution in [1.29, 1.82) is 0 Å². The van der Waals surface area contributed by atoms with Crippen LogP contribution >= 0.6 is 15.9 Å². The number of benzene rings is 2. The van der Waals surface area contributed by atoms with Gasteiger partial charge in [0.15, 0.2) is 23.1 Å². The standard InChI is InChI=1S/C24H28BrN3O5S/c1-17-5-8-20(9-6-17)34(29,30)27-24-23(14-19(25)15-26-24)33-16-18-7-10-21(31-4)22(13-18)32-12-11-28(2)3/h5-10,13-15H,11-12,16H2,1-4H3,(H,26,27). The number of hydrogen-bond donors (Lipinski definition) is 1. The van der Waals surface area contributed by atoms with Gasteiger partial charge in [0.1, 0.15) is 13.2 Å². The summed E-state index contributed by atoms with van der Waals surface area (Å²) < 4.78 is 46.1. The molecule has 0 aliphatic carbocycles. The fraction of sp³-hybridized carbons (Fsp3) is 0.292. The highest BCUT2D eigenvalue weighted by Gasteiger charge is 2.18. The lowest BCUT2D eigenvalue weighted by molar-refractivity contribution is 0.249. The van der Waals surface area contributed by atoms with E-state index in [1.165, 1.54) is 6.20 Å². The average Bonchev–Trinajstić information content (AvgIpc) is 2.79. The second-order valence-corrected chi connectivity index (χ2v) is 10.4. The number of anilines is 1. The summed E-state index contributed by atoms with van der Waals surface area (Å²) in [5.74, 6) is 1.62. The highest BCUT2D eigenvalue weighted by molar-refractivity contribution is 9.10. The van der Waals surface area contributed by atoms with Crippen molar-refractivity contribution in [3.8, 4) is 17.2 Å². The maximum atomic E-state index is 12.8. The van der Waals surface area contributed by atoms with Crippen LogP contribution in [0.15, 0.2) is 64.1 Å². The van der Waals surface area contributed by atoms with Crippen LogP contribution in [0.25, 0.3) is 0 Å². The number of hydrogen-bond acceptors (Lipinski definition) is 7. The van der Waals surface area contributed by atoms with Crippen LogP contribution < -0.4 is 18.9 Å². The van der Waals surface area contributed by atoms with E-state index in [1.807, 2.05) is 44.1 Å². The van der Waals surface area contributed by atoms with Crippen LogP contribution in [0, 0.1) is 6.92 Å². The van der Waals surface area contributed by atoms with Crippen molar-refractivity contribution < 1.29 is 22.6 Å². The molecule has 0 radical (unpaired) electrons. The maximum Gasteiger partial charge on any atom is 0.263 e. The predicted molar refractivity (Wildman–Crippen MR) is 135 cm³/mol. The first kappa shape index (κ1) is 25.8. The Morgan fingerprint density at radius 1 is 1.00 bits per heavy atom. The summed E-state index contributed by atoms with van der Waals surface area (Å²) in [6, 6.07) is 13.8. The van der Waals surface area contributed by atoms with Gasteiger partial charge in [0.25, 0.3) is 10.0 Å². The van der Waals surface area contributed by atoms with E-state index in [-0.39, 0.29) is 23.1 Å². The summed E-state index contributed by atoms with van der Waals surface area (Å²) in [5.41, 5.74) is 1.79. The van der Waals surface area contributed by atoms with Crippen LogP contribution in [0.2, 0.25) is 0 Å². The van der Waals surface area contributed by atoms with E-state index in [1.54, 1.807) is 37.4 Å². The molecule has 0 amide bonds. The Morgan fingerprint density at radius 3 is 2.41 bits per heavy atom. The zero-order valence-electron chi connectivity index (χ0n) is 19.5. The molecule has 0 unspecified atom stereocenters. The quantitative estimate of drug-likeness (QED) is 0.377. The normalized spacial score (nSPS) is 11.4. The highest BCUT2D eigenvalue weighted by atomic mass is 79.9. The summed E-state index contributed by atoms with van der Waals surface area (Å²) >= 11 is 3.37. The average molecular weight is 550 g/mol. The number of nitrogens with one attached hydrogen (secondary N) is 1. The SMILES string of the molecule is COc1ccc(COc2cc(Br)cnc2NS(=O)(=O)c2ccc(C)cc2)cc1OCCN(C)C. The van der Waals surface area contributed by atoms with Crippen molar-refractivity contribution in [2.45, 2.75) is 18.4 Å². The molecule has 34 heavy (non-hydrogen) atoms. The molecule has 1 aromatic heterocycles. The molecule has 2 aromatic carbocycles. The Kier molecular flexibility index (Phi) is 8.76. The molecule has 0 aliphatic heterocycles. The smallest absolute Gasteiger partial charge is 0.263 e. The molecule has 0 atom stereocenters. The zero-order valence-corrected chi connectivity index (χ0v) is 21.9. The van der Waals surface area contributed by atoms with Gasteiger partial charge < -0.3 is 19.1 Å². The van der Waals surface area contributed by atoms with E-state index in [0.29, 0.717) is 22.6 Å². The minimum atomic E-state index is -3.83. The fourth-order valence-electron chi connectivity index (χ4n) is 2.93. The molecule has 0 saturated heterocycles. The summed E-state index contributed by atoms with van der Waals surface area (Å²) in [6.07, 6.45) is 1.50. The van der Waals surface area contributed by atoms with E-state index < -0.39 is 10.0 Å².